The number of carbonyl (C=O) groups is 1. The monoisotopic (exact) mass is 374 g/mol. The second-order valence-electron chi connectivity index (χ2n) is 5.84. The summed E-state index contributed by atoms with van der Waals surface area (Å²) in [5.74, 6) is 0.781. The van der Waals surface area contributed by atoms with E-state index in [0.29, 0.717) is 22.8 Å². The molecule has 2 aromatic rings. The van der Waals surface area contributed by atoms with Crippen LogP contribution in [-0.2, 0) is 9.53 Å². The zero-order valence-electron chi connectivity index (χ0n) is 14.9. The van der Waals surface area contributed by atoms with Crippen LogP contribution in [0.3, 0.4) is 0 Å². The van der Waals surface area contributed by atoms with Gasteiger partial charge in [0.15, 0.2) is 6.10 Å². The van der Waals surface area contributed by atoms with Gasteiger partial charge < -0.3 is 14.2 Å². The minimum atomic E-state index is -0.721. The SMILES string of the molecule is Cc1nc(Oc2ccc(OC(C)C(=O)OC(C)C)cc2)c(Cl)cc1C#N. The van der Waals surface area contributed by atoms with E-state index in [0.717, 1.165) is 0 Å². The van der Waals surface area contributed by atoms with Crippen molar-refractivity contribution in [1.29, 1.82) is 5.26 Å². The molecule has 1 aromatic carbocycles. The standard InChI is InChI=1S/C19H19ClN2O4/c1-11(2)24-19(23)13(4)25-15-5-7-16(8-6-15)26-18-17(20)9-14(10-21)12(3)22-18/h5-9,11,13H,1-4H3. The average Bonchev–Trinajstić information content (AvgIpc) is 2.58. The lowest BCUT2D eigenvalue weighted by atomic mass is 10.2. The molecule has 0 bridgehead atoms. The molecule has 0 aliphatic carbocycles. The molecule has 136 valence electrons. The number of pyridine rings is 1. The lowest BCUT2D eigenvalue weighted by Crippen LogP contribution is -2.28. The van der Waals surface area contributed by atoms with Crippen molar-refractivity contribution in [2.45, 2.75) is 39.9 Å². The molecule has 7 heteroatoms. The first-order valence-corrected chi connectivity index (χ1v) is 8.40. The van der Waals surface area contributed by atoms with E-state index in [-0.39, 0.29) is 17.0 Å². The predicted molar refractivity (Wildman–Crippen MR) is 96.5 cm³/mol. The first-order valence-electron chi connectivity index (χ1n) is 8.02. The van der Waals surface area contributed by atoms with Crippen LogP contribution >= 0.6 is 11.6 Å². The average molecular weight is 375 g/mol. The Morgan fingerprint density at radius 2 is 1.81 bits per heavy atom. The fourth-order valence-corrected chi connectivity index (χ4v) is 2.21. The molecule has 0 N–H and O–H groups in total. The Morgan fingerprint density at radius 3 is 2.38 bits per heavy atom. The minimum absolute atomic E-state index is 0.197. The second kappa shape index (κ2) is 8.54. The Bertz CT molecular complexity index is 829. The molecule has 1 aromatic heterocycles. The largest absolute Gasteiger partial charge is 0.479 e. The Labute approximate surface area is 157 Å². The molecular formula is C19H19ClN2O4. The lowest BCUT2D eigenvalue weighted by molar-refractivity contribution is -0.154. The third-order valence-corrected chi connectivity index (χ3v) is 3.56. The summed E-state index contributed by atoms with van der Waals surface area (Å²) in [5.41, 5.74) is 0.928. The van der Waals surface area contributed by atoms with E-state index in [1.165, 1.54) is 6.07 Å². The molecule has 0 aliphatic rings. The number of ether oxygens (including phenoxy) is 3. The molecule has 26 heavy (non-hydrogen) atoms. The quantitative estimate of drug-likeness (QED) is 0.696. The molecule has 0 saturated carbocycles. The van der Waals surface area contributed by atoms with Crippen molar-refractivity contribution in [2.24, 2.45) is 0 Å². The van der Waals surface area contributed by atoms with Gasteiger partial charge in [0.05, 0.1) is 17.4 Å². The maximum Gasteiger partial charge on any atom is 0.347 e. The number of nitriles is 1. The van der Waals surface area contributed by atoms with E-state index in [1.54, 1.807) is 52.0 Å². The number of benzene rings is 1. The van der Waals surface area contributed by atoms with Crippen LogP contribution in [0.1, 0.15) is 32.0 Å². The van der Waals surface area contributed by atoms with E-state index < -0.39 is 12.1 Å². The van der Waals surface area contributed by atoms with Crippen LogP contribution in [0.4, 0.5) is 0 Å². The summed E-state index contributed by atoms with van der Waals surface area (Å²) in [4.78, 5) is 16.0. The number of hydrogen-bond donors (Lipinski definition) is 0. The van der Waals surface area contributed by atoms with Gasteiger partial charge in [-0.25, -0.2) is 9.78 Å². The zero-order valence-corrected chi connectivity index (χ0v) is 15.7. The van der Waals surface area contributed by atoms with Gasteiger partial charge in [0, 0.05) is 0 Å². The molecule has 0 saturated heterocycles. The second-order valence-corrected chi connectivity index (χ2v) is 6.25. The molecule has 1 atom stereocenters. The summed E-state index contributed by atoms with van der Waals surface area (Å²) in [6.45, 7) is 6.89. The fraction of sp³-hybridized carbons (Fsp3) is 0.316. The molecule has 0 amide bonds. The molecule has 0 fully saturated rings. The normalized spacial score (nSPS) is 11.6. The Balaban J connectivity index is 2.05. The van der Waals surface area contributed by atoms with Gasteiger partial charge >= 0.3 is 5.97 Å². The first kappa shape index (κ1) is 19.5. The first-order chi connectivity index (χ1) is 12.3. The van der Waals surface area contributed by atoms with E-state index in [4.69, 9.17) is 31.1 Å². The Morgan fingerprint density at radius 1 is 1.19 bits per heavy atom. The van der Waals surface area contributed by atoms with Gasteiger partial charge in [0.2, 0.25) is 5.88 Å². The van der Waals surface area contributed by atoms with Crippen LogP contribution in [0.25, 0.3) is 0 Å². The number of aromatic nitrogens is 1. The minimum Gasteiger partial charge on any atom is -0.479 e. The van der Waals surface area contributed by atoms with Crippen molar-refractivity contribution < 1.29 is 19.0 Å². The highest BCUT2D eigenvalue weighted by molar-refractivity contribution is 6.32. The van der Waals surface area contributed by atoms with Crippen LogP contribution in [-0.4, -0.2) is 23.2 Å². The Kier molecular flexibility index (Phi) is 6.42. The van der Waals surface area contributed by atoms with Crippen molar-refractivity contribution in [2.75, 3.05) is 0 Å². The molecule has 1 heterocycles. The van der Waals surface area contributed by atoms with Gasteiger partial charge in [-0.2, -0.15) is 5.26 Å². The van der Waals surface area contributed by atoms with Crippen LogP contribution in [0.2, 0.25) is 5.02 Å². The van der Waals surface area contributed by atoms with Crippen LogP contribution in [0, 0.1) is 18.3 Å². The smallest absolute Gasteiger partial charge is 0.347 e. The molecule has 6 nitrogen and oxygen atoms in total. The highest BCUT2D eigenvalue weighted by atomic mass is 35.5. The fourth-order valence-electron chi connectivity index (χ4n) is 2.02. The summed E-state index contributed by atoms with van der Waals surface area (Å²) in [5, 5.41) is 9.22. The van der Waals surface area contributed by atoms with Gasteiger partial charge in [0.1, 0.15) is 22.6 Å². The number of hydrogen-bond acceptors (Lipinski definition) is 6. The molecule has 0 aliphatic heterocycles. The Hall–Kier alpha value is -2.78. The van der Waals surface area contributed by atoms with E-state index >= 15 is 0 Å². The lowest BCUT2D eigenvalue weighted by Gasteiger charge is -2.16. The van der Waals surface area contributed by atoms with Crippen LogP contribution in [0.15, 0.2) is 30.3 Å². The molecule has 0 spiro atoms. The third-order valence-electron chi connectivity index (χ3n) is 3.29. The summed E-state index contributed by atoms with van der Waals surface area (Å²) in [6.07, 6.45) is -0.918. The van der Waals surface area contributed by atoms with Crippen LogP contribution in [0.5, 0.6) is 17.4 Å². The van der Waals surface area contributed by atoms with Gasteiger partial charge in [-0.3, -0.25) is 0 Å². The zero-order chi connectivity index (χ0) is 19.3. The van der Waals surface area contributed by atoms with Crippen molar-refractivity contribution in [3.63, 3.8) is 0 Å². The predicted octanol–water partition coefficient (Wildman–Crippen LogP) is 4.43. The van der Waals surface area contributed by atoms with E-state index in [9.17, 15) is 4.79 Å². The number of nitrogens with zero attached hydrogens (tertiary/aromatic N) is 2. The summed E-state index contributed by atoms with van der Waals surface area (Å²) in [7, 11) is 0. The summed E-state index contributed by atoms with van der Waals surface area (Å²) in [6, 6.07) is 10.2. The maximum absolute atomic E-state index is 11.8. The molecule has 2 rings (SSSR count). The highest BCUT2D eigenvalue weighted by Crippen LogP contribution is 2.30. The molecule has 0 radical (unpaired) electrons. The topological polar surface area (TPSA) is 81.4 Å². The van der Waals surface area contributed by atoms with Crippen molar-refractivity contribution in [3.8, 4) is 23.4 Å². The number of rotatable bonds is 6. The summed E-state index contributed by atoms with van der Waals surface area (Å²) < 4.78 is 16.3. The van der Waals surface area contributed by atoms with E-state index in [1.807, 2.05) is 6.07 Å². The highest BCUT2D eigenvalue weighted by Gasteiger charge is 2.17. The van der Waals surface area contributed by atoms with Gasteiger partial charge in [0.25, 0.3) is 0 Å². The number of carbonyl (C=O) groups excluding carboxylic acids is 1. The number of aryl methyl sites for hydroxylation is 1. The van der Waals surface area contributed by atoms with Gasteiger partial charge in [-0.15, -0.1) is 0 Å². The van der Waals surface area contributed by atoms with Crippen molar-refractivity contribution >= 4 is 17.6 Å². The van der Waals surface area contributed by atoms with Gasteiger partial charge in [-0.05, 0) is 58.0 Å². The van der Waals surface area contributed by atoms with Gasteiger partial charge in [-0.1, -0.05) is 11.6 Å². The summed E-state index contributed by atoms with van der Waals surface area (Å²) >= 11 is 6.09. The van der Waals surface area contributed by atoms with Crippen molar-refractivity contribution in [3.05, 3.63) is 46.6 Å². The number of esters is 1. The van der Waals surface area contributed by atoms with Crippen LogP contribution < -0.4 is 9.47 Å². The number of halogens is 1. The van der Waals surface area contributed by atoms with E-state index in [2.05, 4.69) is 4.98 Å². The molecule has 1 unspecified atom stereocenters. The van der Waals surface area contributed by atoms with Crippen molar-refractivity contribution in [1.82, 2.24) is 4.98 Å². The maximum atomic E-state index is 11.8. The third kappa shape index (κ3) is 5.11. The molecular weight excluding hydrogens is 356 g/mol.